The highest BCUT2D eigenvalue weighted by Gasteiger charge is 2.21. The van der Waals surface area contributed by atoms with E-state index in [1.807, 2.05) is 5.38 Å². The molecule has 1 atom stereocenters. The Hall–Kier alpha value is -1.18. The van der Waals surface area contributed by atoms with Crippen LogP contribution in [0.2, 0.25) is 0 Å². The van der Waals surface area contributed by atoms with E-state index in [9.17, 15) is 9.90 Å². The predicted molar refractivity (Wildman–Crippen MR) is 69.0 cm³/mol. The van der Waals surface area contributed by atoms with E-state index in [2.05, 4.69) is 14.8 Å². The first-order valence-corrected chi connectivity index (χ1v) is 6.80. The maximum atomic E-state index is 10.5. The Bertz CT molecular complexity index is 377. The van der Waals surface area contributed by atoms with Crippen LogP contribution in [0.1, 0.15) is 6.42 Å². The van der Waals surface area contributed by atoms with Crippen molar-refractivity contribution < 1.29 is 15.0 Å². The van der Waals surface area contributed by atoms with Gasteiger partial charge in [0.15, 0.2) is 5.13 Å². The number of aliphatic carboxylic acids is 1. The highest BCUT2D eigenvalue weighted by molar-refractivity contribution is 7.13. The zero-order valence-corrected chi connectivity index (χ0v) is 10.8. The molecule has 0 spiro atoms. The number of thiazole rings is 1. The van der Waals surface area contributed by atoms with Gasteiger partial charge < -0.3 is 15.1 Å². The Morgan fingerprint density at radius 2 is 2.17 bits per heavy atom. The minimum absolute atomic E-state index is 0.188. The second-order valence-electron chi connectivity index (χ2n) is 4.35. The number of rotatable bonds is 5. The summed E-state index contributed by atoms with van der Waals surface area (Å²) in [6, 6.07) is 0. The van der Waals surface area contributed by atoms with Crippen molar-refractivity contribution in [1.82, 2.24) is 9.88 Å². The van der Waals surface area contributed by atoms with Crippen molar-refractivity contribution in [3.63, 3.8) is 0 Å². The van der Waals surface area contributed by atoms with E-state index < -0.39 is 12.1 Å². The van der Waals surface area contributed by atoms with Crippen LogP contribution in [-0.4, -0.2) is 64.9 Å². The van der Waals surface area contributed by atoms with Crippen molar-refractivity contribution >= 4 is 22.4 Å². The number of aliphatic hydroxyl groups excluding tert-OH is 1. The van der Waals surface area contributed by atoms with Gasteiger partial charge in [-0.25, -0.2) is 4.98 Å². The fourth-order valence-corrected chi connectivity index (χ4v) is 2.75. The van der Waals surface area contributed by atoms with Crippen LogP contribution in [0.15, 0.2) is 11.6 Å². The zero-order valence-electron chi connectivity index (χ0n) is 10.0. The van der Waals surface area contributed by atoms with Gasteiger partial charge in [-0.15, -0.1) is 11.3 Å². The molecule has 0 aromatic carbocycles. The molecular weight excluding hydrogens is 254 g/mol. The summed E-state index contributed by atoms with van der Waals surface area (Å²) >= 11 is 1.62. The van der Waals surface area contributed by atoms with Gasteiger partial charge in [-0.1, -0.05) is 0 Å². The number of carboxylic acid groups (broad SMARTS) is 1. The Balaban J connectivity index is 1.75. The molecule has 1 aliphatic heterocycles. The van der Waals surface area contributed by atoms with Crippen LogP contribution in [0.5, 0.6) is 0 Å². The number of hydrogen-bond acceptors (Lipinski definition) is 6. The van der Waals surface area contributed by atoms with E-state index in [4.69, 9.17) is 5.11 Å². The topological polar surface area (TPSA) is 76.9 Å². The number of β-amino-alcohol motifs (C(OH)–C–C–N with tert-alkyl or cyclic N) is 1. The van der Waals surface area contributed by atoms with Gasteiger partial charge in [-0.2, -0.15) is 0 Å². The molecule has 1 aromatic heterocycles. The highest BCUT2D eigenvalue weighted by atomic mass is 32.1. The average molecular weight is 271 g/mol. The first-order valence-electron chi connectivity index (χ1n) is 5.92. The summed E-state index contributed by atoms with van der Waals surface area (Å²) in [5.41, 5.74) is 0. The summed E-state index contributed by atoms with van der Waals surface area (Å²) in [4.78, 5) is 19.0. The number of carbonyl (C=O) groups is 1. The van der Waals surface area contributed by atoms with E-state index in [-0.39, 0.29) is 6.42 Å². The van der Waals surface area contributed by atoms with Crippen molar-refractivity contribution in [2.75, 3.05) is 37.6 Å². The van der Waals surface area contributed by atoms with Gasteiger partial charge in [0, 0.05) is 44.3 Å². The summed E-state index contributed by atoms with van der Waals surface area (Å²) in [6.07, 6.45) is 0.823. The fourth-order valence-electron chi connectivity index (χ4n) is 2.06. The molecule has 0 amide bonds. The first-order chi connectivity index (χ1) is 8.65. The molecule has 0 saturated carbocycles. The van der Waals surface area contributed by atoms with Gasteiger partial charge in [0.1, 0.15) is 0 Å². The molecule has 2 rings (SSSR count). The summed E-state index contributed by atoms with van der Waals surface area (Å²) in [7, 11) is 0. The van der Waals surface area contributed by atoms with Gasteiger partial charge in [0.05, 0.1) is 12.5 Å². The van der Waals surface area contributed by atoms with Crippen molar-refractivity contribution in [2.24, 2.45) is 0 Å². The molecule has 1 fully saturated rings. The monoisotopic (exact) mass is 271 g/mol. The number of anilines is 1. The lowest BCUT2D eigenvalue weighted by atomic mass is 10.2. The second-order valence-corrected chi connectivity index (χ2v) is 5.23. The largest absolute Gasteiger partial charge is 0.481 e. The molecule has 1 aliphatic rings. The van der Waals surface area contributed by atoms with Crippen molar-refractivity contribution in [2.45, 2.75) is 12.5 Å². The van der Waals surface area contributed by atoms with E-state index in [1.165, 1.54) is 0 Å². The summed E-state index contributed by atoms with van der Waals surface area (Å²) in [6.45, 7) is 3.82. The molecule has 1 unspecified atom stereocenters. The Kier molecular flexibility index (Phi) is 4.51. The lowest BCUT2D eigenvalue weighted by molar-refractivity contribution is -0.139. The molecule has 7 heteroatoms. The van der Waals surface area contributed by atoms with Crippen LogP contribution in [0.25, 0.3) is 0 Å². The molecule has 0 radical (unpaired) electrons. The number of aromatic nitrogens is 1. The fraction of sp³-hybridized carbons (Fsp3) is 0.636. The SMILES string of the molecule is O=C(O)CC(O)CN1CCN(c2nccs2)CC1. The maximum absolute atomic E-state index is 10.5. The molecule has 1 saturated heterocycles. The van der Waals surface area contributed by atoms with Crippen LogP contribution in [0.4, 0.5) is 5.13 Å². The third-order valence-electron chi connectivity index (χ3n) is 2.94. The van der Waals surface area contributed by atoms with E-state index in [1.54, 1.807) is 17.5 Å². The van der Waals surface area contributed by atoms with Gasteiger partial charge in [0.25, 0.3) is 0 Å². The molecule has 100 valence electrons. The molecule has 1 aromatic rings. The van der Waals surface area contributed by atoms with Crippen LogP contribution < -0.4 is 4.90 Å². The average Bonchev–Trinajstić information content (AvgIpc) is 2.82. The smallest absolute Gasteiger partial charge is 0.306 e. The van der Waals surface area contributed by atoms with Crippen molar-refractivity contribution in [3.8, 4) is 0 Å². The number of carboxylic acids is 1. The van der Waals surface area contributed by atoms with E-state index >= 15 is 0 Å². The maximum Gasteiger partial charge on any atom is 0.306 e. The lowest BCUT2D eigenvalue weighted by Crippen LogP contribution is -2.48. The van der Waals surface area contributed by atoms with Crippen molar-refractivity contribution in [1.29, 1.82) is 0 Å². The van der Waals surface area contributed by atoms with Gasteiger partial charge in [-0.05, 0) is 0 Å². The van der Waals surface area contributed by atoms with Crippen LogP contribution in [-0.2, 0) is 4.79 Å². The first kappa shape index (κ1) is 13.3. The number of aliphatic hydroxyl groups is 1. The molecular formula is C11H17N3O3S. The predicted octanol–water partition coefficient (Wildman–Crippen LogP) is 0.101. The normalized spacial score (nSPS) is 18.8. The minimum atomic E-state index is -0.955. The number of nitrogens with zero attached hydrogens (tertiary/aromatic N) is 3. The second kappa shape index (κ2) is 6.12. The van der Waals surface area contributed by atoms with Gasteiger partial charge in [-0.3, -0.25) is 9.69 Å². The highest BCUT2D eigenvalue weighted by Crippen LogP contribution is 2.18. The summed E-state index contributed by atoms with van der Waals surface area (Å²) in [5, 5.41) is 21.1. The van der Waals surface area contributed by atoms with E-state index in [0.29, 0.717) is 6.54 Å². The lowest BCUT2D eigenvalue weighted by Gasteiger charge is -2.35. The minimum Gasteiger partial charge on any atom is -0.481 e. The molecule has 0 aliphatic carbocycles. The van der Waals surface area contributed by atoms with E-state index in [0.717, 1.165) is 31.3 Å². The molecule has 18 heavy (non-hydrogen) atoms. The molecule has 0 bridgehead atoms. The third-order valence-corrected chi connectivity index (χ3v) is 3.77. The van der Waals surface area contributed by atoms with Gasteiger partial charge >= 0.3 is 5.97 Å². The standard InChI is InChI=1S/C11H17N3O3S/c15-9(7-10(16)17)8-13-2-4-14(5-3-13)11-12-1-6-18-11/h1,6,9,15H,2-5,7-8H2,(H,16,17). The quantitative estimate of drug-likeness (QED) is 0.791. The Morgan fingerprint density at radius 1 is 1.44 bits per heavy atom. The zero-order chi connectivity index (χ0) is 13.0. The number of piperazine rings is 1. The molecule has 2 N–H and O–H groups in total. The third kappa shape index (κ3) is 3.66. The Labute approximate surface area is 109 Å². The summed E-state index contributed by atoms with van der Waals surface area (Å²) < 4.78 is 0. The van der Waals surface area contributed by atoms with Crippen LogP contribution >= 0.6 is 11.3 Å². The van der Waals surface area contributed by atoms with Gasteiger partial charge in [0.2, 0.25) is 0 Å². The van der Waals surface area contributed by atoms with Crippen LogP contribution in [0, 0.1) is 0 Å². The summed E-state index contributed by atoms with van der Waals surface area (Å²) in [5.74, 6) is -0.955. The molecule has 6 nitrogen and oxygen atoms in total. The van der Waals surface area contributed by atoms with Crippen molar-refractivity contribution in [3.05, 3.63) is 11.6 Å². The number of hydrogen-bond donors (Lipinski definition) is 2. The molecule has 2 heterocycles. The Morgan fingerprint density at radius 3 is 2.72 bits per heavy atom. The van der Waals surface area contributed by atoms with Crippen LogP contribution in [0.3, 0.4) is 0 Å².